The van der Waals surface area contributed by atoms with E-state index in [1.165, 1.54) is 4.57 Å². The Bertz CT molecular complexity index is 1260. The molecule has 0 unspecified atom stereocenters. The van der Waals surface area contributed by atoms with Crippen LogP contribution in [0, 0.1) is 6.92 Å². The minimum absolute atomic E-state index is 0.0703. The average molecular weight is 404 g/mol. The quantitative estimate of drug-likeness (QED) is 0.539. The molecule has 0 radical (unpaired) electrons. The van der Waals surface area contributed by atoms with Gasteiger partial charge in [-0.15, -0.1) is 0 Å². The number of nitrogens with one attached hydrogen (secondary N) is 1. The average Bonchev–Trinajstić information content (AvgIpc) is 2.71. The minimum atomic E-state index is -0.448. The van der Waals surface area contributed by atoms with Crippen LogP contribution in [0.1, 0.15) is 21.5 Å². The van der Waals surface area contributed by atoms with Gasteiger partial charge in [0.1, 0.15) is 11.2 Å². The first-order valence-electron chi connectivity index (χ1n) is 9.12. The second-order valence-corrected chi connectivity index (χ2v) is 7.25. The molecule has 0 spiro atoms. The molecule has 1 N–H and O–H groups in total. The van der Waals surface area contributed by atoms with E-state index >= 15 is 0 Å². The number of carbonyl (C=O) groups excluding carboxylic acids is 1. The molecule has 4 rings (SSSR count). The van der Waals surface area contributed by atoms with Crippen molar-refractivity contribution in [1.82, 2.24) is 9.55 Å². The number of aromatic nitrogens is 2. The maximum atomic E-state index is 13.2. The monoisotopic (exact) mass is 403 g/mol. The van der Waals surface area contributed by atoms with Gasteiger partial charge in [0.05, 0.1) is 6.54 Å². The normalized spacial score (nSPS) is 10.8. The molecule has 0 fully saturated rings. The molecule has 2 aromatic carbocycles. The van der Waals surface area contributed by atoms with E-state index in [9.17, 15) is 9.59 Å². The molecule has 0 saturated carbocycles. The molecule has 144 valence electrons. The summed E-state index contributed by atoms with van der Waals surface area (Å²) in [5.41, 5.74) is 2.76. The van der Waals surface area contributed by atoms with Crippen LogP contribution in [0.4, 0.5) is 5.69 Å². The number of halogens is 1. The topological polar surface area (TPSA) is 64.0 Å². The summed E-state index contributed by atoms with van der Waals surface area (Å²) in [4.78, 5) is 30.4. The van der Waals surface area contributed by atoms with Gasteiger partial charge in [0.2, 0.25) is 0 Å². The second-order valence-electron chi connectivity index (χ2n) is 6.82. The Labute approximate surface area is 172 Å². The molecule has 0 aliphatic heterocycles. The first-order valence-corrected chi connectivity index (χ1v) is 9.50. The molecule has 2 aromatic heterocycles. The van der Waals surface area contributed by atoms with E-state index in [-0.39, 0.29) is 12.1 Å². The molecule has 0 aliphatic carbocycles. The Morgan fingerprint density at radius 1 is 1.07 bits per heavy atom. The van der Waals surface area contributed by atoms with Crippen molar-refractivity contribution in [1.29, 1.82) is 0 Å². The molecule has 0 aliphatic rings. The van der Waals surface area contributed by atoms with Gasteiger partial charge in [-0.1, -0.05) is 35.9 Å². The summed E-state index contributed by atoms with van der Waals surface area (Å²) in [7, 11) is 0. The molecular formula is C23H18ClN3O2. The fourth-order valence-corrected chi connectivity index (χ4v) is 3.34. The molecule has 6 heteroatoms. The zero-order chi connectivity index (χ0) is 20.4. The summed E-state index contributed by atoms with van der Waals surface area (Å²) in [5.74, 6) is -0.448. The van der Waals surface area contributed by atoms with Crippen LogP contribution in [-0.2, 0) is 6.54 Å². The predicted octanol–water partition coefficient (Wildman–Crippen LogP) is 4.66. The third kappa shape index (κ3) is 4.05. The molecule has 2 heterocycles. The highest BCUT2D eigenvalue weighted by molar-refractivity contribution is 6.30. The van der Waals surface area contributed by atoms with Crippen molar-refractivity contribution in [3.05, 3.63) is 105 Å². The van der Waals surface area contributed by atoms with E-state index in [0.717, 1.165) is 16.5 Å². The molecule has 29 heavy (non-hydrogen) atoms. The van der Waals surface area contributed by atoms with Crippen LogP contribution in [0.5, 0.6) is 0 Å². The number of rotatable bonds is 4. The molecule has 1 amide bonds. The van der Waals surface area contributed by atoms with E-state index in [1.807, 2.05) is 43.3 Å². The highest BCUT2D eigenvalue weighted by Gasteiger charge is 2.17. The van der Waals surface area contributed by atoms with Gasteiger partial charge in [-0.3, -0.25) is 14.2 Å². The first-order chi connectivity index (χ1) is 14.0. The predicted molar refractivity (Wildman–Crippen MR) is 116 cm³/mol. The number of nitrogens with zero attached hydrogens (tertiary/aromatic N) is 2. The van der Waals surface area contributed by atoms with E-state index in [0.29, 0.717) is 16.4 Å². The van der Waals surface area contributed by atoms with E-state index in [4.69, 9.17) is 11.6 Å². The van der Waals surface area contributed by atoms with Gasteiger partial charge in [0.25, 0.3) is 11.5 Å². The highest BCUT2D eigenvalue weighted by Crippen LogP contribution is 2.16. The van der Waals surface area contributed by atoms with Crippen LogP contribution in [-0.4, -0.2) is 15.5 Å². The van der Waals surface area contributed by atoms with Crippen LogP contribution in [0.25, 0.3) is 11.0 Å². The Morgan fingerprint density at radius 3 is 2.62 bits per heavy atom. The summed E-state index contributed by atoms with van der Waals surface area (Å²) in [6.45, 7) is 2.23. The zero-order valence-corrected chi connectivity index (χ0v) is 16.5. The molecule has 0 saturated heterocycles. The van der Waals surface area contributed by atoms with Crippen LogP contribution < -0.4 is 10.9 Å². The largest absolute Gasteiger partial charge is 0.322 e. The number of carbonyl (C=O) groups is 1. The molecule has 0 atom stereocenters. The van der Waals surface area contributed by atoms with Crippen molar-refractivity contribution in [3.63, 3.8) is 0 Å². The van der Waals surface area contributed by atoms with Gasteiger partial charge in [-0.25, -0.2) is 4.98 Å². The lowest BCUT2D eigenvalue weighted by atomic mass is 10.1. The number of pyridine rings is 2. The van der Waals surface area contributed by atoms with Crippen LogP contribution >= 0.6 is 11.6 Å². The first kappa shape index (κ1) is 18.9. The Morgan fingerprint density at radius 2 is 1.86 bits per heavy atom. The highest BCUT2D eigenvalue weighted by atomic mass is 35.5. The fraction of sp³-hybridized carbons (Fsp3) is 0.0870. The zero-order valence-electron chi connectivity index (χ0n) is 15.7. The summed E-state index contributed by atoms with van der Waals surface area (Å²) in [5, 5.41) is 4.15. The third-order valence-electron chi connectivity index (χ3n) is 4.62. The van der Waals surface area contributed by atoms with Gasteiger partial charge >= 0.3 is 0 Å². The van der Waals surface area contributed by atoms with Gasteiger partial charge < -0.3 is 5.32 Å². The number of hydrogen-bond donors (Lipinski definition) is 1. The standard InChI is InChI=1S/C23H18ClN3O2/c1-15-4-2-6-19(12-15)26-22(28)20-13-17-5-3-11-25-21(17)27(23(20)29)14-16-7-9-18(24)10-8-16/h2-13H,14H2,1H3,(H,26,28). The Balaban J connectivity index is 1.78. The van der Waals surface area contributed by atoms with E-state index in [2.05, 4.69) is 10.3 Å². The van der Waals surface area contributed by atoms with Crippen molar-refractivity contribution in [2.75, 3.05) is 5.32 Å². The smallest absolute Gasteiger partial charge is 0.265 e. The number of aryl methyl sites for hydroxylation is 1. The minimum Gasteiger partial charge on any atom is -0.322 e. The van der Waals surface area contributed by atoms with Gasteiger partial charge in [0, 0.05) is 22.3 Å². The molecule has 5 nitrogen and oxygen atoms in total. The Kier molecular flexibility index (Phi) is 5.14. The lowest BCUT2D eigenvalue weighted by Crippen LogP contribution is -2.30. The summed E-state index contributed by atoms with van der Waals surface area (Å²) >= 11 is 5.96. The van der Waals surface area contributed by atoms with E-state index < -0.39 is 11.5 Å². The second kappa shape index (κ2) is 7.89. The van der Waals surface area contributed by atoms with Crippen LogP contribution in [0.3, 0.4) is 0 Å². The maximum Gasteiger partial charge on any atom is 0.265 e. The summed E-state index contributed by atoms with van der Waals surface area (Å²) in [6.07, 6.45) is 1.63. The van der Waals surface area contributed by atoms with Gasteiger partial charge in [-0.05, 0) is 60.5 Å². The number of fused-ring (bicyclic) bond motifs is 1. The van der Waals surface area contributed by atoms with Gasteiger partial charge in [0.15, 0.2) is 0 Å². The Hall–Kier alpha value is -3.44. The lowest BCUT2D eigenvalue weighted by Gasteiger charge is -2.13. The number of anilines is 1. The van der Waals surface area contributed by atoms with Crippen molar-refractivity contribution < 1.29 is 4.79 Å². The molecular weight excluding hydrogens is 386 g/mol. The van der Waals surface area contributed by atoms with Crippen LogP contribution in [0.2, 0.25) is 5.02 Å². The molecule has 0 bridgehead atoms. The van der Waals surface area contributed by atoms with Crippen molar-refractivity contribution >= 4 is 34.2 Å². The van der Waals surface area contributed by atoms with Crippen molar-refractivity contribution in [3.8, 4) is 0 Å². The number of amides is 1. The molecule has 4 aromatic rings. The number of benzene rings is 2. The lowest BCUT2D eigenvalue weighted by molar-refractivity contribution is 0.102. The third-order valence-corrected chi connectivity index (χ3v) is 4.87. The van der Waals surface area contributed by atoms with Gasteiger partial charge in [-0.2, -0.15) is 0 Å². The van der Waals surface area contributed by atoms with Crippen LogP contribution in [0.15, 0.2) is 77.7 Å². The van der Waals surface area contributed by atoms with Crippen molar-refractivity contribution in [2.24, 2.45) is 0 Å². The SMILES string of the molecule is Cc1cccc(NC(=O)c2cc3cccnc3n(Cc3ccc(Cl)cc3)c2=O)c1. The van der Waals surface area contributed by atoms with E-state index in [1.54, 1.807) is 36.5 Å². The summed E-state index contributed by atoms with van der Waals surface area (Å²) in [6, 6.07) is 19.9. The maximum absolute atomic E-state index is 13.2. The number of hydrogen-bond acceptors (Lipinski definition) is 3. The fourth-order valence-electron chi connectivity index (χ4n) is 3.21. The van der Waals surface area contributed by atoms with Crippen molar-refractivity contribution in [2.45, 2.75) is 13.5 Å². The summed E-state index contributed by atoms with van der Waals surface area (Å²) < 4.78 is 1.52.